The van der Waals surface area contributed by atoms with E-state index in [1.807, 2.05) is 13.0 Å². The van der Waals surface area contributed by atoms with Crippen molar-refractivity contribution in [3.8, 4) is 5.75 Å². The Morgan fingerprint density at radius 2 is 2.20 bits per heavy atom. The maximum absolute atomic E-state index is 12.4. The molecule has 1 aliphatic heterocycles. The van der Waals surface area contributed by atoms with Crippen molar-refractivity contribution >= 4 is 10.0 Å². The van der Waals surface area contributed by atoms with Gasteiger partial charge in [-0.15, -0.1) is 0 Å². The fourth-order valence-electron chi connectivity index (χ4n) is 2.38. The fourth-order valence-corrected chi connectivity index (χ4v) is 3.71. The molecule has 0 aliphatic carbocycles. The molecule has 20 heavy (non-hydrogen) atoms. The van der Waals surface area contributed by atoms with Crippen LogP contribution in [0.4, 0.5) is 0 Å². The highest BCUT2D eigenvalue weighted by atomic mass is 32.2. The lowest BCUT2D eigenvalue weighted by Crippen LogP contribution is -2.43. The van der Waals surface area contributed by atoms with Crippen molar-refractivity contribution in [2.75, 3.05) is 20.2 Å². The van der Waals surface area contributed by atoms with Crippen LogP contribution in [0.25, 0.3) is 0 Å². The quantitative estimate of drug-likeness (QED) is 0.863. The first kappa shape index (κ1) is 15.3. The fraction of sp³-hybridized carbons (Fsp3) is 0.571. The van der Waals surface area contributed by atoms with Crippen molar-refractivity contribution in [1.82, 2.24) is 10.0 Å². The minimum atomic E-state index is -3.54. The Balaban J connectivity index is 2.11. The maximum atomic E-state index is 12.4. The van der Waals surface area contributed by atoms with E-state index in [0.717, 1.165) is 31.4 Å². The van der Waals surface area contributed by atoms with Crippen molar-refractivity contribution in [1.29, 1.82) is 0 Å². The van der Waals surface area contributed by atoms with Gasteiger partial charge >= 0.3 is 0 Å². The minimum Gasteiger partial charge on any atom is -0.495 e. The molecule has 1 saturated heterocycles. The van der Waals surface area contributed by atoms with Gasteiger partial charge in [0.2, 0.25) is 10.0 Å². The van der Waals surface area contributed by atoms with Gasteiger partial charge in [-0.2, -0.15) is 0 Å². The van der Waals surface area contributed by atoms with Crippen molar-refractivity contribution in [2.24, 2.45) is 0 Å². The topological polar surface area (TPSA) is 67.4 Å². The molecule has 0 unspecified atom stereocenters. The lowest BCUT2D eigenvalue weighted by Gasteiger charge is -2.23. The molecular weight excluding hydrogens is 276 g/mol. The molecule has 2 N–H and O–H groups in total. The zero-order chi connectivity index (χ0) is 14.6. The summed E-state index contributed by atoms with van der Waals surface area (Å²) >= 11 is 0. The molecule has 6 heteroatoms. The number of benzene rings is 1. The molecule has 0 spiro atoms. The molecule has 1 aromatic rings. The van der Waals surface area contributed by atoms with Gasteiger partial charge in [-0.3, -0.25) is 0 Å². The average molecular weight is 298 g/mol. The van der Waals surface area contributed by atoms with Crippen molar-refractivity contribution < 1.29 is 13.2 Å². The molecule has 5 nitrogen and oxygen atoms in total. The first-order valence-corrected chi connectivity index (χ1v) is 8.39. The standard InChI is InChI=1S/C14H22N2O3S/c1-11-6-7-13(19-2)14(9-11)20(17,18)16-10-12-5-3-4-8-15-12/h6-7,9,12,15-16H,3-5,8,10H2,1-2H3/t12-/m0/s1. The Kier molecular flexibility index (Phi) is 5.01. The predicted molar refractivity (Wildman–Crippen MR) is 78.6 cm³/mol. The van der Waals surface area contributed by atoms with Crippen LogP contribution in [0.2, 0.25) is 0 Å². The second-order valence-corrected chi connectivity index (χ2v) is 6.89. The molecule has 0 amide bonds. The number of piperidine rings is 1. The third-order valence-electron chi connectivity index (χ3n) is 3.54. The zero-order valence-corrected chi connectivity index (χ0v) is 12.8. The Morgan fingerprint density at radius 3 is 2.85 bits per heavy atom. The van der Waals surface area contributed by atoms with Crippen LogP contribution in [0.5, 0.6) is 5.75 Å². The van der Waals surface area contributed by atoms with Crippen LogP contribution in [0.3, 0.4) is 0 Å². The lowest BCUT2D eigenvalue weighted by molar-refractivity contribution is 0.394. The number of ether oxygens (including phenoxy) is 1. The minimum absolute atomic E-state index is 0.204. The van der Waals surface area contributed by atoms with E-state index >= 15 is 0 Å². The summed E-state index contributed by atoms with van der Waals surface area (Å²) in [6.07, 6.45) is 3.32. The van der Waals surface area contributed by atoms with Crippen LogP contribution in [-0.2, 0) is 10.0 Å². The number of hydrogen-bond acceptors (Lipinski definition) is 4. The van der Waals surface area contributed by atoms with Gasteiger partial charge in [-0.1, -0.05) is 12.5 Å². The summed E-state index contributed by atoms with van der Waals surface area (Å²) in [5.41, 5.74) is 0.891. The van der Waals surface area contributed by atoms with Gasteiger partial charge < -0.3 is 10.1 Å². The summed E-state index contributed by atoms with van der Waals surface area (Å²) < 4.78 is 32.6. The van der Waals surface area contributed by atoms with Gasteiger partial charge in [0.15, 0.2) is 0 Å². The zero-order valence-electron chi connectivity index (χ0n) is 12.0. The lowest BCUT2D eigenvalue weighted by atomic mass is 10.1. The molecule has 1 atom stereocenters. The van der Waals surface area contributed by atoms with Crippen molar-refractivity contribution in [3.63, 3.8) is 0 Å². The largest absolute Gasteiger partial charge is 0.495 e. The Bertz CT molecular complexity index is 552. The molecule has 1 heterocycles. The van der Waals surface area contributed by atoms with Gasteiger partial charge in [0, 0.05) is 12.6 Å². The normalized spacial score (nSPS) is 19.8. The Labute approximate surface area is 120 Å². The average Bonchev–Trinajstić information content (AvgIpc) is 2.46. The summed E-state index contributed by atoms with van der Waals surface area (Å²) in [5, 5.41) is 3.32. The van der Waals surface area contributed by atoms with Crippen LogP contribution in [0.15, 0.2) is 23.1 Å². The molecule has 2 rings (SSSR count). The van der Waals surface area contributed by atoms with Crippen molar-refractivity contribution in [2.45, 2.75) is 37.1 Å². The number of aryl methyl sites for hydroxylation is 1. The maximum Gasteiger partial charge on any atom is 0.244 e. The van der Waals surface area contributed by atoms with Gasteiger partial charge in [0.25, 0.3) is 0 Å². The summed E-state index contributed by atoms with van der Waals surface area (Å²) in [6.45, 7) is 3.24. The second kappa shape index (κ2) is 6.56. The summed E-state index contributed by atoms with van der Waals surface area (Å²) in [4.78, 5) is 0.204. The first-order valence-electron chi connectivity index (χ1n) is 6.90. The Morgan fingerprint density at radius 1 is 1.40 bits per heavy atom. The van der Waals surface area contributed by atoms with E-state index < -0.39 is 10.0 Å². The number of nitrogens with one attached hydrogen (secondary N) is 2. The van der Waals surface area contributed by atoms with E-state index in [9.17, 15) is 8.42 Å². The molecule has 1 aliphatic rings. The number of sulfonamides is 1. The van der Waals surface area contributed by atoms with Gasteiger partial charge in [-0.25, -0.2) is 13.1 Å². The Hall–Kier alpha value is -1.11. The summed E-state index contributed by atoms with van der Waals surface area (Å²) in [6, 6.07) is 5.37. The molecule has 0 bridgehead atoms. The van der Waals surface area contributed by atoms with Crippen LogP contribution < -0.4 is 14.8 Å². The van der Waals surface area contributed by atoms with E-state index in [-0.39, 0.29) is 10.9 Å². The SMILES string of the molecule is COc1ccc(C)cc1S(=O)(=O)NC[C@@H]1CCCCN1. The van der Waals surface area contributed by atoms with Gasteiger partial charge in [0.1, 0.15) is 10.6 Å². The van der Waals surface area contributed by atoms with Gasteiger partial charge in [-0.05, 0) is 44.0 Å². The summed E-state index contributed by atoms with van der Waals surface area (Å²) in [5.74, 6) is 0.375. The smallest absolute Gasteiger partial charge is 0.244 e. The first-order chi connectivity index (χ1) is 9.53. The number of rotatable bonds is 5. The van der Waals surface area contributed by atoms with Crippen LogP contribution >= 0.6 is 0 Å². The van der Waals surface area contributed by atoms with Crippen LogP contribution in [0, 0.1) is 6.92 Å². The van der Waals surface area contributed by atoms with E-state index in [1.165, 1.54) is 7.11 Å². The van der Waals surface area contributed by atoms with E-state index in [4.69, 9.17) is 4.74 Å². The van der Waals surface area contributed by atoms with Crippen molar-refractivity contribution in [3.05, 3.63) is 23.8 Å². The van der Waals surface area contributed by atoms with E-state index in [1.54, 1.807) is 12.1 Å². The number of hydrogen-bond donors (Lipinski definition) is 2. The third kappa shape index (κ3) is 3.71. The van der Waals surface area contributed by atoms with Crippen LogP contribution in [-0.4, -0.2) is 34.7 Å². The van der Waals surface area contributed by atoms with Crippen LogP contribution in [0.1, 0.15) is 24.8 Å². The monoisotopic (exact) mass is 298 g/mol. The molecule has 0 saturated carbocycles. The molecule has 1 fully saturated rings. The highest BCUT2D eigenvalue weighted by Crippen LogP contribution is 2.24. The predicted octanol–water partition coefficient (Wildman–Crippen LogP) is 1.42. The highest BCUT2D eigenvalue weighted by molar-refractivity contribution is 7.89. The molecule has 1 aromatic carbocycles. The molecule has 0 radical (unpaired) electrons. The highest BCUT2D eigenvalue weighted by Gasteiger charge is 2.21. The molecule has 0 aromatic heterocycles. The van der Waals surface area contributed by atoms with Gasteiger partial charge in [0.05, 0.1) is 7.11 Å². The third-order valence-corrected chi connectivity index (χ3v) is 4.99. The second-order valence-electron chi connectivity index (χ2n) is 5.15. The molecular formula is C14H22N2O3S. The van der Waals surface area contributed by atoms with E-state index in [0.29, 0.717) is 12.3 Å². The molecule has 112 valence electrons. The van der Waals surface area contributed by atoms with E-state index in [2.05, 4.69) is 10.0 Å². The number of methoxy groups -OCH3 is 1. The summed E-state index contributed by atoms with van der Waals surface area (Å²) in [7, 11) is -2.06.